The number of allylic oxidation sites excluding steroid dienone is 2. The van der Waals surface area contributed by atoms with E-state index in [2.05, 4.69) is 32.9 Å². The second kappa shape index (κ2) is 43.9. The molecule has 0 aromatic heterocycles. The Balaban J connectivity index is 4.18. The number of ether oxygens (including phenoxy) is 3. The zero-order valence-corrected chi connectivity index (χ0v) is 36.3. The fraction of sp³-hybridized carbons (Fsp3) is 0.896. The molecule has 0 bridgehead atoms. The van der Waals surface area contributed by atoms with Gasteiger partial charge in [0.1, 0.15) is 13.2 Å². The number of hydrogen-bond donors (Lipinski definition) is 0. The molecule has 0 aromatic rings. The van der Waals surface area contributed by atoms with Gasteiger partial charge < -0.3 is 14.2 Å². The average molecular weight is 763 g/mol. The van der Waals surface area contributed by atoms with Gasteiger partial charge >= 0.3 is 17.9 Å². The second-order valence-corrected chi connectivity index (χ2v) is 16.0. The van der Waals surface area contributed by atoms with Crippen LogP contribution in [0.1, 0.15) is 258 Å². The van der Waals surface area contributed by atoms with Gasteiger partial charge in [-0.2, -0.15) is 0 Å². The minimum absolute atomic E-state index is 0.0703. The maximum absolute atomic E-state index is 12.7. The van der Waals surface area contributed by atoms with Crippen LogP contribution in [0.25, 0.3) is 0 Å². The van der Waals surface area contributed by atoms with Gasteiger partial charge in [0.2, 0.25) is 0 Å². The van der Waals surface area contributed by atoms with Crippen molar-refractivity contribution in [2.45, 2.75) is 264 Å². The molecule has 318 valence electrons. The summed E-state index contributed by atoms with van der Waals surface area (Å²) in [6.07, 6.45) is 46.5. The van der Waals surface area contributed by atoms with Crippen LogP contribution in [-0.2, 0) is 28.6 Å². The molecule has 6 nitrogen and oxygen atoms in total. The van der Waals surface area contributed by atoms with Gasteiger partial charge in [-0.15, -0.1) is 0 Å². The van der Waals surface area contributed by atoms with Crippen molar-refractivity contribution in [3.63, 3.8) is 0 Å². The van der Waals surface area contributed by atoms with Gasteiger partial charge in [-0.05, 0) is 44.9 Å². The number of carbonyl (C=O) groups excluding carboxylic acids is 3. The van der Waals surface area contributed by atoms with Crippen LogP contribution >= 0.6 is 0 Å². The minimum atomic E-state index is -0.763. The van der Waals surface area contributed by atoms with Crippen LogP contribution in [0.2, 0.25) is 0 Å². The first kappa shape index (κ1) is 52.2. The van der Waals surface area contributed by atoms with Gasteiger partial charge in [0.15, 0.2) is 6.10 Å². The lowest BCUT2D eigenvalue weighted by Gasteiger charge is -2.18. The van der Waals surface area contributed by atoms with Crippen LogP contribution < -0.4 is 0 Å². The van der Waals surface area contributed by atoms with E-state index >= 15 is 0 Å². The maximum Gasteiger partial charge on any atom is 0.306 e. The van der Waals surface area contributed by atoms with Gasteiger partial charge in [-0.1, -0.05) is 206 Å². The predicted molar refractivity (Wildman–Crippen MR) is 229 cm³/mol. The van der Waals surface area contributed by atoms with E-state index in [1.807, 2.05) is 0 Å². The molecule has 0 N–H and O–H groups in total. The average Bonchev–Trinajstić information content (AvgIpc) is 3.17. The summed E-state index contributed by atoms with van der Waals surface area (Å²) < 4.78 is 16.6. The van der Waals surface area contributed by atoms with Crippen molar-refractivity contribution in [2.75, 3.05) is 13.2 Å². The molecule has 6 heteroatoms. The van der Waals surface area contributed by atoms with Crippen LogP contribution in [0, 0.1) is 0 Å². The first-order valence-corrected chi connectivity index (χ1v) is 23.7. The molecule has 0 saturated carbocycles. The van der Waals surface area contributed by atoms with Crippen LogP contribution in [-0.4, -0.2) is 37.2 Å². The van der Waals surface area contributed by atoms with Crippen LogP contribution in [0.4, 0.5) is 0 Å². The van der Waals surface area contributed by atoms with Gasteiger partial charge in [-0.25, -0.2) is 0 Å². The fourth-order valence-corrected chi connectivity index (χ4v) is 6.91. The molecule has 0 rings (SSSR count). The lowest BCUT2D eigenvalue weighted by molar-refractivity contribution is -0.167. The van der Waals surface area contributed by atoms with E-state index in [9.17, 15) is 14.4 Å². The third-order valence-electron chi connectivity index (χ3n) is 10.5. The summed E-state index contributed by atoms with van der Waals surface area (Å²) in [5, 5.41) is 0. The van der Waals surface area contributed by atoms with E-state index in [1.54, 1.807) is 0 Å². The first-order chi connectivity index (χ1) is 26.5. The highest BCUT2D eigenvalue weighted by molar-refractivity contribution is 5.71. The zero-order valence-electron chi connectivity index (χ0n) is 36.3. The molecule has 0 aliphatic heterocycles. The standard InChI is InChI=1S/C48H90O6/c1-4-7-10-13-15-17-19-21-23-25-26-28-30-32-35-38-41-47(50)53-44-45(43-52-46(49)40-37-34-12-9-6-3)54-48(51)42-39-36-33-31-29-27-24-22-20-18-16-14-11-8-5-2/h23,25,45H,4-22,24,26-44H2,1-3H3/b25-23-. The second-order valence-electron chi connectivity index (χ2n) is 16.0. The minimum Gasteiger partial charge on any atom is -0.462 e. The van der Waals surface area contributed by atoms with Crippen LogP contribution in [0.3, 0.4) is 0 Å². The first-order valence-electron chi connectivity index (χ1n) is 23.7. The lowest BCUT2D eigenvalue weighted by atomic mass is 10.0. The third kappa shape index (κ3) is 41.3. The number of esters is 3. The molecule has 1 unspecified atom stereocenters. The summed E-state index contributed by atoms with van der Waals surface area (Å²) in [4.78, 5) is 37.5. The SMILES string of the molecule is CCCCCCCCC/C=C\CCCCCCCC(=O)OCC(COC(=O)CCCCCCC)OC(=O)CCCCCCCCCCCCCCCCC. The topological polar surface area (TPSA) is 78.9 Å². The highest BCUT2D eigenvalue weighted by atomic mass is 16.6. The number of rotatable bonds is 43. The van der Waals surface area contributed by atoms with E-state index in [0.717, 1.165) is 70.6 Å². The van der Waals surface area contributed by atoms with Crippen molar-refractivity contribution in [1.82, 2.24) is 0 Å². The Morgan fingerprint density at radius 2 is 0.611 bits per heavy atom. The molecule has 0 heterocycles. The molecule has 0 spiro atoms. The van der Waals surface area contributed by atoms with Gasteiger partial charge in [0.25, 0.3) is 0 Å². The van der Waals surface area contributed by atoms with Crippen molar-refractivity contribution in [3.8, 4) is 0 Å². The molecule has 0 aromatic carbocycles. The molecule has 0 amide bonds. The molecule has 0 fully saturated rings. The summed E-state index contributed by atoms with van der Waals surface area (Å²) in [5.74, 6) is -0.882. The lowest BCUT2D eigenvalue weighted by Crippen LogP contribution is -2.30. The van der Waals surface area contributed by atoms with E-state index in [4.69, 9.17) is 14.2 Å². The molecule has 54 heavy (non-hydrogen) atoms. The van der Waals surface area contributed by atoms with Crippen molar-refractivity contribution in [3.05, 3.63) is 12.2 Å². The summed E-state index contributed by atoms with van der Waals surface area (Å²) in [6.45, 7) is 6.56. The van der Waals surface area contributed by atoms with E-state index in [1.165, 1.54) is 148 Å². The van der Waals surface area contributed by atoms with Gasteiger partial charge in [-0.3, -0.25) is 14.4 Å². The number of hydrogen-bond acceptors (Lipinski definition) is 6. The van der Waals surface area contributed by atoms with E-state index in [0.29, 0.717) is 19.3 Å². The fourth-order valence-electron chi connectivity index (χ4n) is 6.91. The molecular weight excluding hydrogens is 673 g/mol. The Hall–Kier alpha value is -1.85. The van der Waals surface area contributed by atoms with Gasteiger partial charge in [0, 0.05) is 19.3 Å². The summed E-state index contributed by atoms with van der Waals surface area (Å²) in [7, 11) is 0. The third-order valence-corrected chi connectivity index (χ3v) is 10.5. The smallest absolute Gasteiger partial charge is 0.306 e. The van der Waals surface area contributed by atoms with Crippen molar-refractivity contribution in [1.29, 1.82) is 0 Å². The molecular formula is C48H90O6. The predicted octanol–water partition coefficient (Wildman–Crippen LogP) is 15.0. The number of carbonyl (C=O) groups is 3. The summed E-state index contributed by atoms with van der Waals surface area (Å²) in [6, 6.07) is 0. The van der Waals surface area contributed by atoms with Crippen molar-refractivity contribution in [2.24, 2.45) is 0 Å². The molecule has 1 atom stereocenters. The molecule has 0 saturated heterocycles. The summed E-state index contributed by atoms with van der Waals surface area (Å²) in [5.41, 5.74) is 0. The Morgan fingerprint density at radius 1 is 0.352 bits per heavy atom. The van der Waals surface area contributed by atoms with Crippen LogP contribution in [0.15, 0.2) is 12.2 Å². The molecule has 0 radical (unpaired) electrons. The van der Waals surface area contributed by atoms with Gasteiger partial charge in [0.05, 0.1) is 0 Å². The highest BCUT2D eigenvalue weighted by Crippen LogP contribution is 2.15. The highest BCUT2D eigenvalue weighted by Gasteiger charge is 2.19. The van der Waals surface area contributed by atoms with E-state index < -0.39 is 6.10 Å². The Labute approximate surface area is 335 Å². The van der Waals surface area contributed by atoms with Crippen LogP contribution in [0.5, 0.6) is 0 Å². The van der Waals surface area contributed by atoms with Crippen molar-refractivity contribution >= 4 is 17.9 Å². The quantitative estimate of drug-likeness (QED) is 0.0266. The Morgan fingerprint density at radius 3 is 0.926 bits per heavy atom. The number of unbranched alkanes of at least 4 members (excludes halogenated alkanes) is 30. The normalized spacial score (nSPS) is 12.0. The molecule has 0 aliphatic carbocycles. The largest absolute Gasteiger partial charge is 0.462 e. The Kier molecular flexibility index (Phi) is 42.4. The zero-order chi connectivity index (χ0) is 39.4. The maximum atomic E-state index is 12.7. The van der Waals surface area contributed by atoms with Crippen molar-refractivity contribution < 1.29 is 28.6 Å². The monoisotopic (exact) mass is 763 g/mol. The summed E-state index contributed by atoms with van der Waals surface area (Å²) >= 11 is 0. The molecule has 0 aliphatic rings. The van der Waals surface area contributed by atoms with E-state index in [-0.39, 0.29) is 31.1 Å². The Bertz CT molecular complexity index is 839.